The largest absolute Gasteiger partial charge is 0.491 e. The molecule has 1 aromatic carbocycles. The maximum Gasteiger partial charge on any atom is 0.416 e. The molecule has 5 nitrogen and oxygen atoms in total. The van der Waals surface area contributed by atoms with E-state index in [4.69, 9.17) is 9.47 Å². The van der Waals surface area contributed by atoms with E-state index in [9.17, 15) is 18.0 Å². The van der Waals surface area contributed by atoms with E-state index in [1.807, 2.05) is 0 Å². The molecule has 0 aromatic heterocycles. The molecule has 1 saturated heterocycles. The van der Waals surface area contributed by atoms with E-state index in [1.54, 1.807) is 21.0 Å². The third-order valence-electron chi connectivity index (χ3n) is 3.95. The Bertz CT molecular complexity index is 605. The van der Waals surface area contributed by atoms with Gasteiger partial charge in [-0.2, -0.15) is 13.2 Å². The Morgan fingerprint density at radius 1 is 1.40 bits per heavy atom. The van der Waals surface area contributed by atoms with Crippen LogP contribution in [0.25, 0.3) is 0 Å². The van der Waals surface area contributed by atoms with Crippen LogP contribution in [-0.4, -0.2) is 37.8 Å². The fraction of sp³-hybridized carbons (Fsp3) is 0.588. The van der Waals surface area contributed by atoms with Crippen molar-refractivity contribution in [2.45, 2.75) is 51.2 Å². The molecule has 25 heavy (non-hydrogen) atoms. The molecule has 1 fully saturated rings. The van der Waals surface area contributed by atoms with Crippen LogP contribution in [0.4, 0.5) is 13.2 Å². The van der Waals surface area contributed by atoms with Gasteiger partial charge in [-0.1, -0.05) is 6.07 Å². The Balaban J connectivity index is 2.06. The second kappa shape index (κ2) is 8.05. The lowest BCUT2D eigenvalue weighted by atomic mass is 10.1. The summed E-state index contributed by atoms with van der Waals surface area (Å²) < 4.78 is 50.4. The molecule has 2 rings (SSSR count). The lowest BCUT2D eigenvalue weighted by Gasteiger charge is -2.17. The number of alkyl halides is 3. The minimum Gasteiger partial charge on any atom is -0.491 e. The van der Waals surface area contributed by atoms with Gasteiger partial charge in [0.15, 0.2) is 0 Å². The molecule has 140 valence electrons. The number of halogens is 3. The topological polar surface area (TPSA) is 59.6 Å². The maximum absolute atomic E-state index is 13.3. The summed E-state index contributed by atoms with van der Waals surface area (Å²) in [5.74, 6) is -0.187. The molecule has 0 unspecified atom stereocenters. The molecule has 0 bridgehead atoms. The number of methoxy groups -OCH3 is 1. The van der Waals surface area contributed by atoms with Crippen molar-refractivity contribution >= 4 is 5.91 Å². The Morgan fingerprint density at radius 3 is 2.68 bits per heavy atom. The van der Waals surface area contributed by atoms with Gasteiger partial charge in [-0.25, -0.2) is 0 Å². The van der Waals surface area contributed by atoms with Crippen LogP contribution in [0.3, 0.4) is 0 Å². The Morgan fingerprint density at radius 2 is 2.12 bits per heavy atom. The summed E-state index contributed by atoms with van der Waals surface area (Å²) in [5.41, 5.74) is -0.807. The van der Waals surface area contributed by atoms with Crippen LogP contribution in [0.5, 0.6) is 5.75 Å². The number of rotatable bonds is 6. The van der Waals surface area contributed by atoms with Crippen molar-refractivity contribution in [3.05, 3.63) is 29.3 Å². The highest BCUT2D eigenvalue weighted by Gasteiger charge is 2.34. The van der Waals surface area contributed by atoms with Crippen molar-refractivity contribution in [3.63, 3.8) is 0 Å². The van der Waals surface area contributed by atoms with Crippen LogP contribution >= 0.6 is 0 Å². The third kappa shape index (κ3) is 5.34. The number of benzene rings is 1. The molecule has 0 aliphatic carbocycles. The minimum absolute atomic E-state index is 0.00163. The molecule has 0 saturated carbocycles. The number of carbonyl (C=O) groups is 1. The van der Waals surface area contributed by atoms with E-state index in [0.717, 1.165) is 6.07 Å². The van der Waals surface area contributed by atoms with E-state index >= 15 is 0 Å². The first kappa shape index (κ1) is 19.5. The Hall–Kier alpha value is -1.80. The maximum atomic E-state index is 13.3. The molecule has 1 aliphatic heterocycles. The van der Waals surface area contributed by atoms with Gasteiger partial charge in [0.05, 0.1) is 23.8 Å². The van der Waals surface area contributed by atoms with Crippen molar-refractivity contribution in [3.8, 4) is 5.75 Å². The van der Waals surface area contributed by atoms with Crippen molar-refractivity contribution in [2.75, 3.05) is 13.7 Å². The smallest absolute Gasteiger partial charge is 0.416 e. The van der Waals surface area contributed by atoms with Crippen LogP contribution in [-0.2, 0) is 22.3 Å². The molecule has 2 atom stereocenters. The van der Waals surface area contributed by atoms with E-state index < -0.39 is 17.8 Å². The first-order valence-corrected chi connectivity index (χ1v) is 8.11. The average Bonchev–Trinajstić information content (AvgIpc) is 3.01. The van der Waals surface area contributed by atoms with E-state index in [2.05, 4.69) is 10.6 Å². The molecule has 1 aromatic rings. The number of ether oxygens (including phenoxy) is 2. The molecular weight excluding hydrogens is 337 g/mol. The SMILES string of the molecule is CO[C@@H]1CN[C@@H](C(=O)NCc2ccc(OC(C)C)cc2C(F)(F)F)C1. The van der Waals surface area contributed by atoms with Gasteiger partial charge in [-0.3, -0.25) is 4.79 Å². The van der Waals surface area contributed by atoms with Crippen LogP contribution < -0.4 is 15.4 Å². The summed E-state index contributed by atoms with van der Waals surface area (Å²) in [4.78, 5) is 12.1. The van der Waals surface area contributed by atoms with Gasteiger partial charge in [0.1, 0.15) is 5.75 Å². The molecule has 0 spiro atoms. The van der Waals surface area contributed by atoms with Crippen molar-refractivity contribution in [2.24, 2.45) is 0 Å². The number of nitrogens with one attached hydrogen (secondary N) is 2. The first-order valence-electron chi connectivity index (χ1n) is 8.11. The van der Waals surface area contributed by atoms with Gasteiger partial charge < -0.3 is 20.1 Å². The predicted octanol–water partition coefficient (Wildman–Crippen LogP) is 2.49. The molecule has 2 N–H and O–H groups in total. The highest BCUT2D eigenvalue weighted by molar-refractivity contribution is 5.82. The summed E-state index contributed by atoms with van der Waals surface area (Å²) in [5, 5.41) is 5.55. The summed E-state index contributed by atoms with van der Waals surface area (Å²) in [6.07, 6.45) is -4.32. The summed E-state index contributed by atoms with van der Waals surface area (Å²) >= 11 is 0. The van der Waals surface area contributed by atoms with Crippen LogP contribution in [0, 0.1) is 0 Å². The lowest BCUT2D eigenvalue weighted by molar-refractivity contribution is -0.138. The predicted molar refractivity (Wildman–Crippen MR) is 86.3 cm³/mol. The number of carbonyl (C=O) groups excluding carboxylic acids is 1. The van der Waals surface area contributed by atoms with Gasteiger partial charge in [-0.15, -0.1) is 0 Å². The van der Waals surface area contributed by atoms with Crippen LogP contribution in [0.1, 0.15) is 31.4 Å². The minimum atomic E-state index is -4.52. The molecule has 1 amide bonds. The summed E-state index contributed by atoms with van der Waals surface area (Å²) in [6, 6.07) is 3.32. The van der Waals surface area contributed by atoms with Gasteiger partial charge >= 0.3 is 6.18 Å². The lowest BCUT2D eigenvalue weighted by Crippen LogP contribution is -2.40. The zero-order chi connectivity index (χ0) is 18.6. The van der Waals surface area contributed by atoms with Crippen molar-refractivity contribution < 1.29 is 27.4 Å². The second-order valence-corrected chi connectivity index (χ2v) is 6.26. The van der Waals surface area contributed by atoms with E-state index in [0.29, 0.717) is 13.0 Å². The highest BCUT2D eigenvalue weighted by Crippen LogP contribution is 2.34. The summed E-state index contributed by atoms with van der Waals surface area (Å²) in [7, 11) is 1.56. The molecule has 1 aliphatic rings. The quantitative estimate of drug-likeness (QED) is 0.818. The van der Waals surface area contributed by atoms with Crippen LogP contribution in [0.2, 0.25) is 0 Å². The molecule has 8 heteroatoms. The zero-order valence-electron chi connectivity index (χ0n) is 14.4. The van der Waals surface area contributed by atoms with Crippen molar-refractivity contribution in [1.29, 1.82) is 0 Å². The molecule has 1 heterocycles. The van der Waals surface area contributed by atoms with Gasteiger partial charge in [0.2, 0.25) is 5.91 Å². The zero-order valence-corrected chi connectivity index (χ0v) is 14.4. The summed E-state index contributed by atoms with van der Waals surface area (Å²) in [6.45, 7) is 3.82. The third-order valence-corrected chi connectivity index (χ3v) is 3.95. The van der Waals surface area contributed by atoms with Gasteiger partial charge in [-0.05, 0) is 38.0 Å². The standard InChI is InChI=1S/C17H23F3N2O3/c1-10(2)25-12-5-4-11(14(6-12)17(18,19)20)8-22-16(23)15-7-13(24-3)9-21-15/h4-6,10,13,15,21H,7-9H2,1-3H3,(H,22,23)/t13-,15+/m0/s1. The van der Waals surface area contributed by atoms with Gasteiger partial charge in [0.25, 0.3) is 0 Å². The van der Waals surface area contributed by atoms with E-state index in [-0.39, 0.29) is 36.0 Å². The number of amides is 1. The first-order chi connectivity index (χ1) is 11.7. The highest BCUT2D eigenvalue weighted by atomic mass is 19.4. The molecular formula is C17H23F3N2O3. The Kier molecular flexibility index (Phi) is 6.29. The van der Waals surface area contributed by atoms with E-state index in [1.165, 1.54) is 12.1 Å². The fourth-order valence-corrected chi connectivity index (χ4v) is 2.71. The number of hydrogen-bond acceptors (Lipinski definition) is 4. The Labute approximate surface area is 144 Å². The number of hydrogen-bond donors (Lipinski definition) is 2. The van der Waals surface area contributed by atoms with Crippen molar-refractivity contribution in [1.82, 2.24) is 10.6 Å². The van der Waals surface area contributed by atoms with Gasteiger partial charge in [0, 0.05) is 20.2 Å². The van der Waals surface area contributed by atoms with Crippen LogP contribution in [0.15, 0.2) is 18.2 Å². The monoisotopic (exact) mass is 360 g/mol. The average molecular weight is 360 g/mol. The second-order valence-electron chi connectivity index (χ2n) is 6.26. The normalized spacial score (nSPS) is 20.8. The molecule has 0 radical (unpaired) electrons. The fourth-order valence-electron chi connectivity index (χ4n) is 2.71.